The third-order valence-electron chi connectivity index (χ3n) is 6.58. The van der Waals surface area contributed by atoms with Crippen LogP contribution in [0.5, 0.6) is 5.75 Å². The van der Waals surface area contributed by atoms with Gasteiger partial charge in [-0.2, -0.15) is 0 Å². The van der Waals surface area contributed by atoms with Crippen LogP contribution >= 0.6 is 0 Å². The zero-order valence-electron chi connectivity index (χ0n) is 21.7. The summed E-state index contributed by atoms with van der Waals surface area (Å²) in [6.45, 7) is 8.08. The van der Waals surface area contributed by atoms with E-state index >= 15 is 4.39 Å². The molecule has 1 aliphatic heterocycles. The summed E-state index contributed by atoms with van der Waals surface area (Å²) in [5.41, 5.74) is 8.61. The maximum absolute atomic E-state index is 15.4. The van der Waals surface area contributed by atoms with Gasteiger partial charge in [0.15, 0.2) is 17.7 Å². The van der Waals surface area contributed by atoms with E-state index < -0.39 is 23.5 Å². The first kappa shape index (κ1) is 25.9. The van der Waals surface area contributed by atoms with Gasteiger partial charge in [0.05, 0.1) is 25.0 Å². The van der Waals surface area contributed by atoms with Gasteiger partial charge in [0.1, 0.15) is 0 Å². The number of carbonyl (C=O) groups is 1. The Hall–Kier alpha value is -3.23. The summed E-state index contributed by atoms with van der Waals surface area (Å²) in [4.78, 5) is 26.7. The lowest BCUT2D eigenvalue weighted by molar-refractivity contribution is -0.165. The highest BCUT2D eigenvalue weighted by molar-refractivity contribution is 6.00. The van der Waals surface area contributed by atoms with E-state index in [0.717, 1.165) is 23.1 Å². The molecule has 3 aromatic rings. The minimum atomic E-state index is -1.23. The monoisotopic (exact) mass is 496 g/mol. The van der Waals surface area contributed by atoms with Crippen molar-refractivity contribution in [1.82, 2.24) is 4.57 Å². The van der Waals surface area contributed by atoms with E-state index in [0.29, 0.717) is 40.6 Å². The van der Waals surface area contributed by atoms with Gasteiger partial charge in [0.25, 0.3) is 5.56 Å². The van der Waals surface area contributed by atoms with Gasteiger partial charge < -0.3 is 24.5 Å². The summed E-state index contributed by atoms with van der Waals surface area (Å²) in [5.74, 6) is -0.874. The van der Waals surface area contributed by atoms with Crippen LogP contribution < -0.4 is 16.0 Å². The predicted octanol–water partition coefficient (Wildman–Crippen LogP) is 4.47. The highest BCUT2D eigenvalue weighted by Crippen LogP contribution is 2.43. The third kappa shape index (κ3) is 4.51. The highest BCUT2D eigenvalue weighted by Gasteiger charge is 2.35. The molecule has 0 saturated heterocycles. The van der Waals surface area contributed by atoms with Crippen molar-refractivity contribution in [1.29, 1.82) is 0 Å². The Kier molecular flexibility index (Phi) is 6.94. The summed E-state index contributed by atoms with van der Waals surface area (Å²) in [5, 5.41) is 1.00. The summed E-state index contributed by atoms with van der Waals surface area (Å²) < 4.78 is 33.7. The number of aromatic nitrogens is 1. The minimum absolute atomic E-state index is 0.262. The maximum atomic E-state index is 15.4. The van der Waals surface area contributed by atoms with Gasteiger partial charge in [-0.1, -0.05) is 12.1 Å². The number of carbonyl (C=O) groups excluding carboxylic acids is 1. The van der Waals surface area contributed by atoms with Crippen molar-refractivity contribution in [3.8, 4) is 16.9 Å². The molecule has 8 heteroatoms. The average Bonchev–Trinajstić information content (AvgIpc) is 2.86. The molecule has 2 aromatic carbocycles. The second-order valence-corrected chi connectivity index (χ2v) is 10.1. The van der Waals surface area contributed by atoms with Crippen LogP contribution in [0.2, 0.25) is 0 Å². The van der Waals surface area contributed by atoms with E-state index in [2.05, 4.69) is 0 Å². The summed E-state index contributed by atoms with van der Waals surface area (Å²) in [6.07, 6.45) is 0.215. The molecule has 0 amide bonds. The fourth-order valence-electron chi connectivity index (χ4n) is 4.89. The summed E-state index contributed by atoms with van der Waals surface area (Å²) in [7, 11) is 2.86. The standard InChI is InChI=1S/C28H33FN2O5/c1-15-17-8-7-11-35-24(17)21(29)13-19(15)22-18-10-9-16(14-30)12-20(18)26(32)31(5)23(22)25(27(33)34-6)36-28(2,3)4/h9-10,12-13,25H,7-8,11,14,30H2,1-6H3. The molecule has 1 atom stereocenters. The van der Waals surface area contributed by atoms with Crippen molar-refractivity contribution >= 4 is 16.7 Å². The smallest absolute Gasteiger partial charge is 0.341 e. The fraction of sp³-hybridized carbons (Fsp3) is 0.429. The Balaban J connectivity index is 2.18. The molecule has 1 unspecified atom stereocenters. The number of nitrogens with zero attached hydrogens (tertiary/aromatic N) is 1. The largest absolute Gasteiger partial charge is 0.490 e. The number of hydrogen-bond acceptors (Lipinski definition) is 6. The third-order valence-corrected chi connectivity index (χ3v) is 6.58. The Morgan fingerprint density at radius 1 is 1.25 bits per heavy atom. The van der Waals surface area contributed by atoms with E-state index in [1.54, 1.807) is 19.2 Å². The minimum Gasteiger partial charge on any atom is -0.490 e. The number of esters is 1. The van der Waals surface area contributed by atoms with Crippen LogP contribution in [-0.4, -0.2) is 29.9 Å². The van der Waals surface area contributed by atoms with E-state index in [4.69, 9.17) is 19.9 Å². The Labute approximate surface area is 210 Å². The van der Waals surface area contributed by atoms with Gasteiger partial charge >= 0.3 is 5.97 Å². The molecule has 0 radical (unpaired) electrons. The highest BCUT2D eigenvalue weighted by atomic mass is 19.1. The van der Waals surface area contributed by atoms with E-state index in [-0.39, 0.29) is 17.9 Å². The van der Waals surface area contributed by atoms with Gasteiger partial charge in [-0.25, -0.2) is 9.18 Å². The average molecular weight is 497 g/mol. The molecule has 0 spiro atoms. The number of benzene rings is 2. The van der Waals surface area contributed by atoms with E-state index in [1.807, 2.05) is 33.8 Å². The van der Waals surface area contributed by atoms with Crippen LogP contribution in [0.1, 0.15) is 55.7 Å². The van der Waals surface area contributed by atoms with Crippen LogP contribution in [0.15, 0.2) is 29.1 Å². The molecular formula is C28H33FN2O5. The fourth-order valence-corrected chi connectivity index (χ4v) is 4.89. The van der Waals surface area contributed by atoms with Crippen molar-refractivity contribution in [3.63, 3.8) is 0 Å². The van der Waals surface area contributed by atoms with E-state index in [1.165, 1.54) is 17.7 Å². The number of fused-ring (bicyclic) bond motifs is 2. The molecule has 0 fully saturated rings. The van der Waals surface area contributed by atoms with Gasteiger partial charge in [-0.05, 0) is 74.7 Å². The van der Waals surface area contributed by atoms with E-state index in [9.17, 15) is 9.59 Å². The molecule has 1 aliphatic rings. The number of hydrogen-bond donors (Lipinski definition) is 1. The van der Waals surface area contributed by atoms with Gasteiger partial charge in [-0.15, -0.1) is 0 Å². The zero-order chi connectivity index (χ0) is 26.4. The first-order valence-corrected chi connectivity index (χ1v) is 12.0. The molecule has 7 nitrogen and oxygen atoms in total. The molecule has 192 valence electrons. The molecule has 0 bridgehead atoms. The molecule has 2 N–H and O–H groups in total. The van der Waals surface area contributed by atoms with Crippen LogP contribution in [-0.2, 0) is 34.3 Å². The van der Waals surface area contributed by atoms with Crippen molar-refractivity contribution in [3.05, 3.63) is 62.8 Å². The first-order chi connectivity index (χ1) is 17.0. The van der Waals surface area contributed by atoms with Crippen LogP contribution in [0.4, 0.5) is 4.39 Å². The van der Waals surface area contributed by atoms with Crippen LogP contribution in [0.3, 0.4) is 0 Å². The predicted molar refractivity (Wildman–Crippen MR) is 137 cm³/mol. The summed E-state index contributed by atoms with van der Waals surface area (Å²) >= 11 is 0. The molecule has 4 rings (SSSR count). The molecule has 2 heterocycles. The molecule has 0 aliphatic carbocycles. The quantitative estimate of drug-likeness (QED) is 0.524. The number of ether oxygens (including phenoxy) is 3. The van der Waals surface area contributed by atoms with Crippen molar-refractivity contribution in [2.75, 3.05) is 13.7 Å². The zero-order valence-corrected chi connectivity index (χ0v) is 21.7. The van der Waals surface area contributed by atoms with Crippen molar-refractivity contribution < 1.29 is 23.4 Å². The molecular weight excluding hydrogens is 463 g/mol. The molecule has 36 heavy (non-hydrogen) atoms. The second kappa shape index (κ2) is 9.67. The summed E-state index contributed by atoms with van der Waals surface area (Å²) in [6, 6.07) is 6.80. The number of halogens is 1. The van der Waals surface area contributed by atoms with Crippen molar-refractivity contribution in [2.24, 2.45) is 12.8 Å². The number of rotatable bonds is 5. The first-order valence-electron chi connectivity index (χ1n) is 12.0. The van der Waals surface area contributed by atoms with Crippen LogP contribution in [0.25, 0.3) is 21.9 Å². The molecule has 0 saturated carbocycles. The normalized spacial score (nSPS) is 14.3. The lowest BCUT2D eigenvalue weighted by Gasteiger charge is -2.30. The Morgan fingerprint density at radius 2 is 1.97 bits per heavy atom. The lowest BCUT2D eigenvalue weighted by Crippen LogP contribution is -2.33. The SMILES string of the molecule is COC(=O)C(OC(C)(C)C)c1c(-c2cc(F)c3c(c2C)CCCO3)c2ccc(CN)cc2c(=O)n1C. The van der Waals surface area contributed by atoms with Crippen molar-refractivity contribution in [2.45, 2.75) is 58.8 Å². The number of methoxy groups -OCH3 is 1. The second-order valence-electron chi connectivity index (χ2n) is 10.1. The number of nitrogens with two attached hydrogens (primary N) is 1. The van der Waals surface area contributed by atoms with Gasteiger partial charge in [0.2, 0.25) is 0 Å². The van der Waals surface area contributed by atoms with Crippen LogP contribution in [0, 0.1) is 12.7 Å². The van der Waals surface area contributed by atoms with Gasteiger partial charge in [-0.3, -0.25) is 4.79 Å². The topological polar surface area (TPSA) is 92.8 Å². The van der Waals surface area contributed by atoms with Gasteiger partial charge in [0, 0.05) is 30.1 Å². The maximum Gasteiger partial charge on any atom is 0.341 e. The lowest BCUT2D eigenvalue weighted by atomic mass is 9.87. The Bertz CT molecular complexity index is 1400. The Morgan fingerprint density at radius 3 is 2.61 bits per heavy atom. The number of pyridine rings is 1. The molecule has 1 aromatic heterocycles.